The minimum atomic E-state index is -0.328. The van der Waals surface area contributed by atoms with Crippen LogP contribution in [0.5, 0.6) is 0 Å². The summed E-state index contributed by atoms with van der Waals surface area (Å²) in [5.41, 5.74) is 6.46. The first-order valence-electron chi connectivity index (χ1n) is 16.2. The summed E-state index contributed by atoms with van der Waals surface area (Å²) in [5, 5.41) is 6.81. The Kier molecular flexibility index (Phi) is 9.30. The molecule has 2 aromatic heterocycles. The third-order valence-electron chi connectivity index (χ3n) is 8.80. The first kappa shape index (κ1) is 30.6. The highest BCUT2D eigenvalue weighted by Crippen LogP contribution is 2.33. The average Bonchev–Trinajstić information content (AvgIpc) is 3.87. The molecule has 0 bridgehead atoms. The molecule has 4 N–H and O–H groups in total. The highest BCUT2D eigenvalue weighted by molar-refractivity contribution is 5.90. The summed E-state index contributed by atoms with van der Waals surface area (Å²) in [7, 11) is 2.01. The predicted molar refractivity (Wildman–Crippen MR) is 179 cm³/mol. The molecule has 4 heterocycles. The number of carbonyl (C=O) groups is 1. The zero-order valence-electron chi connectivity index (χ0n) is 26.8. The number of aromatic amines is 2. The third kappa shape index (κ3) is 6.81. The van der Waals surface area contributed by atoms with Crippen LogP contribution in [0.15, 0.2) is 65.9 Å². The molecule has 4 aromatic rings. The van der Waals surface area contributed by atoms with E-state index in [2.05, 4.69) is 105 Å². The van der Waals surface area contributed by atoms with Crippen molar-refractivity contribution in [3.63, 3.8) is 0 Å². The Morgan fingerprint density at radius 3 is 2.20 bits per heavy atom. The van der Waals surface area contributed by atoms with Crippen LogP contribution in [-0.2, 0) is 11.3 Å². The molecule has 2 aliphatic heterocycles. The van der Waals surface area contributed by atoms with Gasteiger partial charge in [-0.05, 0) is 54.0 Å². The lowest BCUT2D eigenvalue weighted by Crippen LogP contribution is -2.53. The van der Waals surface area contributed by atoms with E-state index in [0.717, 1.165) is 103 Å². The number of benzene rings is 2. The maximum Gasteiger partial charge on any atom is 0.246 e. The predicted octanol–water partition coefficient (Wildman–Crippen LogP) is 5.21. The molecular weight excluding hydrogens is 562 g/mol. The molecule has 2 aromatic carbocycles. The Morgan fingerprint density at radius 2 is 1.58 bits per heavy atom. The molecular formula is C35H45N9O. The van der Waals surface area contributed by atoms with Crippen LogP contribution >= 0.6 is 0 Å². The van der Waals surface area contributed by atoms with E-state index in [9.17, 15) is 4.79 Å². The topological polar surface area (TPSA) is 117 Å². The number of hydrogen-bond donors (Lipinski definition) is 4. The molecule has 0 spiro atoms. The lowest BCUT2D eigenvalue weighted by molar-refractivity contribution is -0.135. The lowest BCUT2D eigenvalue weighted by Gasteiger charge is -2.31. The molecule has 2 atom stereocenters. The van der Waals surface area contributed by atoms with Crippen molar-refractivity contribution in [3.8, 4) is 33.6 Å². The van der Waals surface area contributed by atoms with Crippen molar-refractivity contribution in [2.24, 2.45) is 10.9 Å². The number of guanidine groups is 1. The SMILES string of the molecule is CCCNCc1ncc(-c2ccc(-c3ccc(-c4cnc(C5CCCN5C(=O)C(NC5=NCCN5C)C(C)C)[nH]4)cc3)cc2)[nH]1. The summed E-state index contributed by atoms with van der Waals surface area (Å²) in [6.07, 6.45) is 6.75. The summed E-state index contributed by atoms with van der Waals surface area (Å²) < 4.78 is 0. The van der Waals surface area contributed by atoms with E-state index in [1.165, 1.54) is 0 Å². The minimum absolute atomic E-state index is 0.0612. The molecule has 10 heteroatoms. The lowest BCUT2D eigenvalue weighted by atomic mass is 10.0. The van der Waals surface area contributed by atoms with E-state index < -0.39 is 0 Å². The van der Waals surface area contributed by atoms with Crippen molar-refractivity contribution in [3.05, 3.63) is 72.6 Å². The second-order valence-corrected chi connectivity index (χ2v) is 12.4. The van der Waals surface area contributed by atoms with Gasteiger partial charge in [0, 0.05) is 20.1 Å². The summed E-state index contributed by atoms with van der Waals surface area (Å²) in [5.74, 6) is 2.84. The molecule has 0 radical (unpaired) electrons. The van der Waals surface area contributed by atoms with Crippen LogP contribution < -0.4 is 10.6 Å². The van der Waals surface area contributed by atoms with Crippen molar-refractivity contribution in [1.29, 1.82) is 0 Å². The summed E-state index contributed by atoms with van der Waals surface area (Å²) in [6.45, 7) is 10.4. The highest BCUT2D eigenvalue weighted by atomic mass is 16.2. The second-order valence-electron chi connectivity index (χ2n) is 12.4. The van der Waals surface area contributed by atoms with E-state index in [1.54, 1.807) is 0 Å². The number of likely N-dealkylation sites (tertiary alicyclic amines) is 1. The zero-order chi connectivity index (χ0) is 31.3. The van der Waals surface area contributed by atoms with Crippen molar-refractivity contribution in [2.45, 2.75) is 58.7 Å². The number of amides is 1. The first-order valence-corrected chi connectivity index (χ1v) is 16.2. The molecule has 2 unspecified atom stereocenters. The van der Waals surface area contributed by atoms with Crippen LogP contribution in [0.1, 0.15) is 57.7 Å². The van der Waals surface area contributed by atoms with Crippen LogP contribution in [-0.4, -0.2) is 80.9 Å². The van der Waals surface area contributed by atoms with Gasteiger partial charge in [0.15, 0.2) is 5.96 Å². The number of nitrogens with zero attached hydrogens (tertiary/aromatic N) is 5. The number of H-pyrrole nitrogens is 2. The van der Waals surface area contributed by atoms with Crippen molar-refractivity contribution in [1.82, 2.24) is 40.4 Å². The average molecular weight is 608 g/mol. The number of likely N-dealkylation sites (N-methyl/N-ethyl adjacent to an activating group) is 1. The molecule has 236 valence electrons. The summed E-state index contributed by atoms with van der Waals surface area (Å²) in [4.78, 5) is 38.6. The summed E-state index contributed by atoms with van der Waals surface area (Å²) in [6, 6.07) is 16.7. The fourth-order valence-electron chi connectivity index (χ4n) is 6.15. The van der Waals surface area contributed by atoms with Gasteiger partial charge in [0.05, 0.1) is 42.9 Å². The monoisotopic (exact) mass is 607 g/mol. The molecule has 10 nitrogen and oxygen atoms in total. The van der Waals surface area contributed by atoms with Crippen LogP contribution in [0.3, 0.4) is 0 Å². The van der Waals surface area contributed by atoms with Crippen LogP contribution in [0, 0.1) is 5.92 Å². The fourth-order valence-corrected chi connectivity index (χ4v) is 6.15. The Hall–Kier alpha value is -4.44. The molecule has 1 amide bonds. The van der Waals surface area contributed by atoms with Gasteiger partial charge >= 0.3 is 0 Å². The number of carbonyl (C=O) groups excluding carboxylic acids is 1. The van der Waals surface area contributed by atoms with Gasteiger partial charge in [-0.15, -0.1) is 0 Å². The van der Waals surface area contributed by atoms with Crippen LogP contribution in [0.2, 0.25) is 0 Å². The van der Waals surface area contributed by atoms with E-state index in [4.69, 9.17) is 4.98 Å². The van der Waals surface area contributed by atoms with Gasteiger partial charge in [0.2, 0.25) is 5.91 Å². The Bertz CT molecular complexity index is 1600. The largest absolute Gasteiger partial charge is 0.344 e. The normalized spacial score (nSPS) is 17.3. The van der Waals surface area contributed by atoms with Gasteiger partial charge in [-0.2, -0.15) is 0 Å². The smallest absolute Gasteiger partial charge is 0.246 e. The standard InChI is InChI=1S/C35H45N9O/c1-5-16-36-22-31-38-20-28(40-31)26-12-8-24(9-13-26)25-10-14-27(15-11-25)29-21-39-33(41-29)30-7-6-18-44(30)34(45)32(23(2)3)42-35-37-17-19-43(35)4/h8-15,20-21,23,30,32,36H,5-7,16-19,22H2,1-4H3,(H,37,42)(H,38,40)(H,39,41). The van der Waals surface area contributed by atoms with E-state index in [-0.39, 0.29) is 23.9 Å². The zero-order valence-corrected chi connectivity index (χ0v) is 26.8. The Labute approximate surface area is 265 Å². The minimum Gasteiger partial charge on any atom is -0.344 e. The van der Waals surface area contributed by atoms with E-state index >= 15 is 0 Å². The van der Waals surface area contributed by atoms with E-state index in [1.807, 2.05) is 24.3 Å². The maximum atomic E-state index is 13.8. The van der Waals surface area contributed by atoms with Gasteiger partial charge in [0.25, 0.3) is 0 Å². The number of nitrogens with one attached hydrogen (secondary N) is 4. The van der Waals surface area contributed by atoms with Gasteiger partial charge in [0.1, 0.15) is 17.7 Å². The fraction of sp³-hybridized carbons (Fsp3) is 0.429. The van der Waals surface area contributed by atoms with Crippen molar-refractivity contribution >= 4 is 11.9 Å². The quantitative estimate of drug-likeness (QED) is 0.174. The number of hydrogen-bond acceptors (Lipinski definition) is 7. The number of aromatic nitrogens is 4. The van der Waals surface area contributed by atoms with Crippen molar-refractivity contribution < 1.29 is 4.79 Å². The Balaban J connectivity index is 1.11. The third-order valence-corrected chi connectivity index (χ3v) is 8.80. The summed E-state index contributed by atoms with van der Waals surface area (Å²) >= 11 is 0. The van der Waals surface area contributed by atoms with Crippen LogP contribution in [0.25, 0.3) is 33.6 Å². The van der Waals surface area contributed by atoms with E-state index in [0.29, 0.717) is 0 Å². The molecule has 0 aliphatic carbocycles. The van der Waals surface area contributed by atoms with Gasteiger partial charge in [-0.3, -0.25) is 9.79 Å². The maximum absolute atomic E-state index is 13.8. The van der Waals surface area contributed by atoms with Gasteiger partial charge in [-0.25, -0.2) is 9.97 Å². The van der Waals surface area contributed by atoms with Gasteiger partial charge < -0.3 is 30.4 Å². The molecule has 1 fully saturated rings. The Morgan fingerprint density at radius 1 is 0.933 bits per heavy atom. The van der Waals surface area contributed by atoms with Crippen molar-refractivity contribution in [2.75, 3.05) is 33.2 Å². The molecule has 1 saturated heterocycles. The highest BCUT2D eigenvalue weighted by Gasteiger charge is 2.37. The van der Waals surface area contributed by atoms with Gasteiger partial charge in [-0.1, -0.05) is 69.3 Å². The first-order chi connectivity index (χ1) is 21.9. The molecule has 2 aliphatic rings. The molecule has 45 heavy (non-hydrogen) atoms. The number of imidazole rings is 2. The number of rotatable bonds is 11. The number of aliphatic imine (C=N–C) groups is 1. The second kappa shape index (κ2) is 13.7. The molecule has 6 rings (SSSR count). The molecule has 0 saturated carbocycles. The van der Waals surface area contributed by atoms with Crippen LogP contribution in [0.4, 0.5) is 0 Å².